The van der Waals surface area contributed by atoms with Crippen molar-refractivity contribution in [2.75, 3.05) is 6.54 Å². The lowest BCUT2D eigenvalue weighted by atomic mass is 9.99. The molecule has 7 heteroatoms. The van der Waals surface area contributed by atoms with Crippen molar-refractivity contribution >= 4 is 5.91 Å². The van der Waals surface area contributed by atoms with Crippen LogP contribution in [0.2, 0.25) is 0 Å². The third-order valence-corrected chi connectivity index (χ3v) is 4.50. The van der Waals surface area contributed by atoms with Crippen molar-refractivity contribution in [3.05, 3.63) is 35.4 Å². The number of amides is 1. The minimum absolute atomic E-state index is 0.104. The molecular formula is C17H27N5O2. The van der Waals surface area contributed by atoms with Crippen molar-refractivity contribution in [3.8, 4) is 0 Å². The summed E-state index contributed by atoms with van der Waals surface area (Å²) in [6, 6.07) is 0.296. The lowest BCUT2D eigenvalue weighted by Crippen LogP contribution is -2.38. The highest BCUT2D eigenvalue weighted by atomic mass is 16.3. The minimum atomic E-state index is -1.18. The number of hydrogen-bond donors (Lipinski definition) is 2. The highest BCUT2D eigenvalue weighted by Gasteiger charge is 2.26. The molecule has 1 unspecified atom stereocenters. The predicted molar refractivity (Wildman–Crippen MR) is 91.7 cm³/mol. The zero-order chi connectivity index (χ0) is 17.9. The molecule has 132 valence electrons. The number of rotatable bonds is 7. The molecular weight excluding hydrogens is 306 g/mol. The lowest BCUT2D eigenvalue weighted by molar-refractivity contribution is 0.0525. The molecule has 7 nitrogen and oxygen atoms in total. The molecule has 0 fully saturated rings. The van der Waals surface area contributed by atoms with Crippen LogP contribution in [0.3, 0.4) is 0 Å². The van der Waals surface area contributed by atoms with Crippen molar-refractivity contribution in [2.24, 2.45) is 7.05 Å². The van der Waals surface area contributed by atoms with Gasteiger partial charge >= 0.3 is 0 Å². The fourth-order valence-corrected chi connectivity index (χ4v) is 2.80. The third kappa shape index (κ3) is 3.67. The minimum Gasteiger partial charge on any atom is -0.383 e. The van der Waals surface area contributed by atoms with Gasteiger partial charge in [-0.2, -0.15) is 10.2 Å². The van der Waals surface area contributed by atoms with E-state index in [4.69, 9.17) is 0 Å². The maximum atomic E-state index is 12.5. The molecule has 0 aliphatic heterocycles. The van der Waals surface area contributed by atoms with E-state index in [1.807, 2.05) is 11.6 Å². The fraction of sp³-hybridized carbons (Fsp3) is 0.588. The number of aliphatic hydroxyl groups is 1. The summed E-state index contributed by atoms with van der Waals surface area (Å²) in [5.41, 5.74) is 0.879. The first-order chi connectivity index (χ1) is 11.3. The zero-order valence-corrected chi connectivity index (χ0v) is 15.1. The molecule has 24 heavy (non-hydrogen) atoms. The van der Waals surface area contributed by atoms with Gasteiger partial charge in [-0.05, 0) is 26.7 Å². The molecule has 2 rings (SSSR count). The van der Waals surface area contributed by atoms with E-state index in [1.54, 1.807) is 37.2 Å². The molecule has 0 bridgehead atoms. The van der Waals surface area contributed by atoms with Gasteiger partial charge in [-0.3, -0.25) is 14.2 Å². The summed E-state index contributed by atoms with van der Waals surface area (Å²) in [6.45, 7) is 7.89. The Balaban J connectivity index is 2.08. The second kappa shape index (κ2) is 7.17. The van der Waals surface area contributed by atoms with Gasteiger partial charge in [0.05, 0.1) is 30.5 Å². The highest BCUT2D eigenvalue weighted by molar-refractivity contribution is 5.95. The second-order valence-electron chi connectivity index (χ2n) is 6.42. The zero-order valence-electron chi connectivity index (χ0n) is 15.1. The van der Waals surface area contributed by atoms with Gasteiger partial charge in [-0.25, -0.2) is 0 Å². The van der Waals surface area contributed by atoms with Gasteiger partial charge < -0.3 is 10.4 Å². The maximum absolute atomic E-state index is 12.5. The van der Waals surface area contributed by atoms with E-state index in [9.17, 15) is 9.90 Å². The van der Waals surface area contributed by atoms with Crippen molar-refractivity contribution < 1.29 is 9.90 Å². The van der Waals surface area contributed by atoms with E-state index in [1.165, 1.54) is 0 Å². The van der Waals surface area contributed by atoms with Gasteiger partial charge in [-0.1, -0.05) is 13.8 Å². The van der Waals surface area contributed by atoms with Gasteiger partial charge in [0.25, 0.3) is 5.91 Å². The highest BCUT2D eigenvalue weighted by Crippen LogP contribution is 2.21. The van der Waals surface area contributed by atoms with Crippen LogP contribution in [0.1, 0.15) is 61.3 Å². The summed E-state index contributed by atoms with van der Waals surface area (Å²) < 4.78 is 3.53. The Bertz CT molecular complexity index is 698. The Morgan fingerprint density at radius 3 is 2.54 bits per heavy atom. The first-order valence-corrected chi connectivity index (χ1v) is 8.34. The number of aryl methyl sites for hydroxylation is 1. The van der Waals surface area contributed by atoms with E-state index >= 15 is 0 Å². The van der Waals surface area contributed by atoms with Crippen LogP contribution in [-0.4, -0.2) is 37.1 Å². The van der Waals surface area contributed by atoms with Crippen LogP contribution in [0.25, 0.3) is 0 Å². The van der Waals surface area contributed by atoms with Crippen molar-refractivity contribution in [3.63, 3.8) is 0 Å². The number of carbonyl (C=O) groups is 1. The maximum Gasteiger partial charge on any atom is 0.254 e. The van der Waals surface area contributed by atoms with Crippen LogP contribution >= 0.6 is 0 Å². The smallest absolute Gasteiger partial charge is 0.254 e. The van der Waals surface area contributed by atoms with E-state index in [0.29, 0.717) is 17.2 Å². The Labute approximate surface area is 142 Å². The topological polar surface area (TPSA) is 85.0 Å². The Morgan fingerprint density at radius 1 is 1.33 bits per heavy atom. The van der Waals surface area contributed by atoms with Crippen LogP contribution in [0.5, 0.6) is 0 Å². The monoisotopic (exact) mass is 333 g/mol. The predicted octanol–water partition coefficient (Wildman–Crippen LogP) is 1.92. The molecule has 0 radical (unpaired) electrons. The average molecular weight is 333 g/mol. The van der Waals surface area contributed by atoms with Crippen molar-refractivity contribution in [1.82, 2.24) is 24.9 Å². The number of nitrogens with zero attached hydrogens (tertiary/aromatic N) is 4. The molecule has 0 spiro atoms. The summed E-state index contributed by atoms with van der Waals surface area (Å²) in [6.07, 6.45) is 6.87. The first kappa shape index (κ1) is 18.2. The largest absolute Gasteiger partial charge is 0.383 e. The van der Waals surface area contributed by atoms with Crippen molar-refractivity contribution in [1.29, 1.82) is 0 Å². The summed E-state index contributed by atoms with van der Waals surface area (Å²) >= 11 is 0. The van der Waals surface area contributed by atoms with E-state index in [0.717, 1.165) is 18.5 Å². The Morgan fingerprint density at radius 2 is 2.00 bits per heavy atom. The van der Waals surface area contributed by atoms with Crippen LogP contribution in [-0.2, 0) is 12.6 Å². The Hall–Kier alpha value is -2.15. The fourth-order valence-electron chi connectivity index (χ4n) is 2.80. The van der Waals surface area contributed by atoms with Gasteiger partial charge in [0.1, 0.15) is 5.60 Å². The molecule has 1 atom stereocenters. The van der Waals surface area contributed by atoms with Gasteiger partial charge in [0.15, 0.2) is 0 Å². The molecule has 0 aromatic carbocycles. The molecule has 2 heterocycles. The van der Waals surface area contributed by atoms with E-state index in [-0.39, 0.29) is 12.5 Å². The van der Waals surface area contributed by atoms with Crippen LogP contribution in [0, 0.1) is 6.92 Å². The summed E-state index contributed by atoms with van der Waals surface area (Å²) in [5, 5.41) is 21.8. The molecule has 1 amide bonds. The standard InChI is InChI=1S/C17H27N5O2/c1-6-14(7-2)22-12(3)15(9-20-22)16(23)18-11-17(4,24)13-8-19-21(5)10-13/h8-10,14,24H,6-7,11H2,1-5H3,(H,18,23). The van der Waals surface area contributed by atoms with Crippen LogP contribution in [0.15, 0.2) is 18.6 Å². The molecule has 2 N–H and O–H groups in total. The van der Waals surface area contributed by atoms with Gasteiger partial charge in [-0.15, -0.1) is 0 Å². The average Bonchev–Trinajstić information content (AvgIpc) is 3.14. The Kier molecular flexibility index (Phi) is 5.43. The summed E-state index contributed by atoms with van der Waals surface area (Å²) in [7, 11) is 1.79. The summed E-state index contributed by atoms with van der Waals surface area (Å²) in [4.78, 5) is 12.5. The van der Waals surface area contributed by atoms with Crippen LogP contribution < -0.4 is 5.32 Å². The SMILES string of the molecule is CCC(CC)n1ncc(C(=O)NCC(C)(O)c2cnn(C)c2)c1C. The normalized spacial score (nSPS) is 14.0. The quantitative estimate of drug-likeness (QED) is 0.811. The van der Waals surface area contributed by atoms with E-state index in [2.05, 4.69) is 29.4 Å². The molecule has 0 saturated carbocycles. The van der Waals surface area contributed by atoms with Crippen molar-refractivity contribution in [2.45, 2.75) is 52.2 Å². The first-order valence-electron chi connectivity index (χ1n) is 8.34. The molecule has 2 aromatic rings. The molecule has 0 aliphatic rings. The molecule has 0 saturated heterocycles. The molecule has 0 aliphatic carbocycles. The van der Waals surface area contributed by atoms with E-state index < -0.39 is 5.60 Å². The lowest BCUT2D eigenvalue weighted by Gasteiger charge is -2.22. The second-order valence-corrected chi connectivity index (χ2v) is 6.42. The number of nitrogens with one attached hydrogen (secondary N) is 1. The number of hydrogen-bond acceptors (Lipinski definition) is 4. The molecule has 2 aromatic heterocycles. The number of carbonyl (C=O) groups excluding carboxylic acids is 1. The number of aromatic nitrogens is 4. The van der Waals surface area contributed by atoms with Crippen LogP contribution in [0.4, 0.5) is 0 Å². The summed E-state index contributed by atoms with van der Waals surface area (Å²) in [5.74, 6) is -0.228. The third-order valence-electron chi connectivity index (χ3n) is 4.50. The van der Waals surface area contributed by atoms with Gasteiger partial charge in [0, 0.05) is 24.5 Å². The van der Waals surface area contributed by atoms with Gasteiger partial charge in [0.2, 0.25) is 0 Å².